The lowest BCUT2D eigenvalue weighted by molar-refractivity contribution is 0.0307. The monoisotopic (exact) mass is 542 g/mol. The molecule has 210 valence electrons. The molecule has 1 unspecified atom stereocenters. The zero-order chi connectivity index (χ0) is 28.1. The van der Waals surface area contributed by atoms with E-state index in [1.807, 2.05) is 0 Å². The van der Waals surface area contributed by atoms with Gasteiger partial charge in [0.1, 0.15) is 6.10 Å². The first-order valence-corrected chi connectivity index (χ1v) is 13.2. The van der Waals surface area contributed by atoms with Gasteiger partial charge in [-0.3, -0.25) is 0 Å². The molecular formula is C29H35F5O4. The fraction of sp³-hybridized carbons (Fsp3) is 0.517. The molecule has 4 nitrogen and oxygen atoms in total. The molecule has 0 aromatic heterocycles. The zero-order valence-electron chi connectivity index (χ0n) is 21.9. The normalized spacial score (nSPS) is 11.9. The minimum atomic E-state index is -2.31. The number of halogens is 5. The molecule has 2 aromatic carbocycles. The Labute approximate surface area is 220 Å². The van der Waals surface area contributed by atoms with E-state index in [0.29, 0.717) is 6.42 Å². The maximum absolute atomic E-state index is 14.1. The Balaban J connectivity index is 1.85. The molecular weight excluding hydrogens is 507 g/mol. The quantitative estimate of drug-likeness (QED) is 0.0700. The summed E-state index contributed by atoms with van der Waals surface area (Å²) in [5, 5.41) is 0. The first kappa shape index (κ1) is 31.2. The minimum Gasteiger partial charge on any atom is -0.462 e. The molecule has 0 aliphatic carbocycles. The second-order valence-corrected chi connectivity index (χ2v) is 9.25. The molecule has 0 bridgehead atoms. The van der Waals surface area contributed by atoms with Crippen molar-refractivity contribution in [1.29, 1.82) is 0 Å². The lowest BCUT2D eigenvalue weighted by atomic mass is 10.1. The van der Waals surface area contributed by atoms with Crippen LogP contribution in [0.5, 0.6) is 0 Å². The molecule has 0 amide bonds. The zero-order valence-corrected chi connectivity index (χ0v) is 21.9. The number of unbranched alkanes of at least 4 members (excludes halogenated alkanes) is 10. The van der Waals surface area contributed by atoms with Gasteiger partial charge in [0, 0.05) is 0 Å². The second-order valence-electron chi connectivity index (χ2n) is 9.25. The molecule has 2 rings (SSSR count). The molecule has 0 N–H and O–H groups in total. The molecule has 0 heterocycles. The summed E-state index contributed by atoms with van der Waals surface area (Å²) in [5.41, 5.74) is -1.68. The van der Waals surface area contributed by atoms with Gasteiger partial charge in [0.05, 0.1) is 23.3 Å². The van der Waals surface area contributed by atoms with Crippen LogP contribution >= 0.6 is 0 Å². The molecule has 0 aliphatic rings. The highest BCUT2D eigenvalue weighted by molar-refractivity contribution is 6.03. The fourth-order valence-electron chi connectivity index (χ4n) is 4.11. The highest BCUT2D eigenvalue weighted by Crippen LogP contribution is 2.30. The number of carbonyl (C=O) groups is 2. The number of benzene rings is 2. The number of hydrogen-bond acceptors (Lipinski definition) is 4. The van der Waals surface area contributed by atoms with Crippen molar-refractivity contribution < 1.29 is 41.0 Å². The molecule has 0 saturated carbocycles. The number of hydrogen-bond donors (Lipinski definition) is 0. The van der Waals surface area contributed by atoms with Crippen LogP contribution in [0.2, 0.25) is 0 Å². The van der Waals surface area contributed by atoms with Gasteiger partial charge in [-0.1, -0.05) is 83.3 Å². The molecule has 1 atom stereocenters. The highest BCUT2D eigenvalue weighted by Gasteiger charge is 2.31. The van der Waals surface area contributed by atoms with Crippen molar-refractivity contribution in [1.82, 2.24) is 0 Å². The standard InChI is InChI=1S/C29H35F5O4/c1-3-4-5-6-7-8-9-10-11-12-15-18-37-28(35)20-16-13-14-17-21(20)29(36)38-19(2)22-23(30)25(32)27(34)26(33)24(22)31/h13-14,16-17,19H,3-12,15,18H2,1-2H3. The van der Waals surface area contributed by atoms with Gasteiger partial charge in [-0.05, 0) is 25.5 Å². The Morgan fingerprint density at radius 2 is 1.08 bits per heavy atom. The van der Waals surface area contributed by atoms with Crippen LogP contribution in [-0.2, 0) is 9.47 Å². The lowest BCUT2D eigenvalue weighted by Crippen LogP contribution is -2.18. The number of carbonyl (C=O) groups excluding carboxylic acids is 2. The van der Waals surface area contributed by atoms with Gasteiger partial charge < -0.3 is 9.47 Å². The van der Waals surface area contributed by atoms with Crippen molar-refractivity contribution in [2.45, 2.75) is 90.6 Å². The molecule has 9 heteroatoms. The molecule has 2 aromatic rings. The van der Waals surface area contributed by atoms with Crippen molar-refractivity contribution >= 4 is 11.9 Å². The van der Waals surface area contributed by atoms with Crippen LogP contribution in [0.3, 0.4) is 0 Å². The summed E-state index contributed by atoms with van der Waals surface area (Å²) >= 11 is 0. The summed E-state index contributed by atoms with van der Waals surface area (Å²) in [4.78, 5) is 25.2. The van der Waals surface area contributed by atoms with Gasteiger partial charge in [0.25, 0.3) is 0 Å². The van der Waals surface area contributed by atoms with E-state index in [0.717, 1.165) is 26.2 Å². The van der Waals surface area contributed by atoms with Gasteiger partial charge in [0.15, 0.2) is 23.3 Å². The summed E-state index contributed by atoms with van der Waals surface area (Å²) in [5.74, 6) is -12.8. The summed E-state index contributed by atoms with van der Waals surface area (Å²) in [6.45, 7) is 3.31. The molecule has 0 aliphatic heterocycles. The van der Waals surface area contributed by atoms with Crippen LogP contribution in [0.25, 0.3) is 0 Å². The van der Waals surface area contributed by atoms with E-state index in [2.05, 4.69) is 6.92 Å². The number of esters is 2. The van der Waals surface area contributed by atoms with Gasteiger partial charge in [-0.25, -0.2) is 31.5 Å². The predicted molar refractivity (Wildman–Crippen MR) is 133 cm³/mol. The van der Waals surface area contributed by atoms with Crippen LogP contribution in [0.15, 0.2) is 24.3 Å². The van der Waals surface area contributed by atoms with Crippen molar-refractivity contribution in [3.05, 3.63) is 70.0 Å². The first-order valence-electron chi connectivity index (χ1n) is 13.2. The van der Waals surface area contributed by atoms with E-state index in [1.54, 1.807) is 0 Å². The third kappa shape index (κ3) is 8.81. The average Bonchev–Trinajstić information content (AvgIpc) is 2.91. The molecule has 0 fully saturated rings. The van der Waals surface area contributed by atoms with Crippen molar-refractivity contribution in [2.24, 2.45) is 0 Å². The first-order chi connectivity index (χ1) is 18.2. The van der Waals surface area contributed by atoms with Crippen LogP contribution in [0.4, 0.5) is 22.0 Å². The third-order valence-corrected chi connectivity index (χ3v) is 6.28. The molecule has 0 radical (unpaired) electrons. The van der Waals surface area contributed by atoms with Crippen LogP contribution in [-0.4, -0.2) is 18.5 Å². The summed E-state index contributed by atoms with van der Waals surface area (Å²) in [6, 6.07) is 5.48. The largest absolute Gasteiger partial charge is 0.462 e. The maximum Gasteiger partial charge on any atom is 0.339 e. The lowest BCUT2D eigenvalue weighted by Gasteiger charge is -2.17. The summed E-state index contributed by atoms with van der Waals surface area (Å²) in [6.07, 6.45) is 10.7. The Morgan fingerprint density at radius 1 is 0.658 bits per heavy atom. The van der Waals surface area contributed by atoms with Crippen LogP contribution in [0.1, 0.15) is 117 Å². The summed E-state index contributed by atoms with van der Waals surface area (Å²) in [7, 11) is 0. The maximum atomic E-state index is 14.1. The smallest absolute Gasteiger partial charge is 0.339 e. The van der Waals surface area contributed by atoms with Gasteiger partial charge in [-0.2, -0.15) is 0 Å². The predicted octanol–water partition coefficient (Wildman–Crippen LogP) is 8.77. The van der Waals surface area contributed by atoms with Gasteiger partial charge in [-0.15, -0.1) is 0 Å². The minimum absolute atomic E-state index is 0.134. The summed E-state index contributed by atoms with van der Waals surface area (Å²) < 4.78 is 78.8. The highest BCUT2D eigenvalue weighted by atomic mass is 19.2. The topological polar surface area (TPSA) is 52.6 Å². The fourth-order valence-corrected chi connectivity index (χ4v) is 4.11. The van der Waals surface area contributed by atoms with Crippen molar-refractivity contribution in [3.63, 3.8) is 0 Å². The van der Waals surface area contributed by atoms with E-state index >= 15 is 0 Å². The van der Waals surface area contributed by atoms with Crippen LogP contribution < -0.4 is 0 Å². The van der Waals surface area contributed by atoms with Crippen LogP contribution in [0, 0.1) is 29.1 Å². The molecule has 38 heavy (non-hydrogen) atoms. The third-order valence-electron chi connectivity index (χ3n) is 6.28. The average molecular weight is 543 g/mol. The Morgan fingerprint density at radius 3 is 1.58 bits per heavy atom. The Kier molecular flexibility index (Phi) is 13.2. The molecule has 0 spiro atoms. The van der Waals surface area contributed by atoms with Gasteiger partial charge in [0.2, 0.25) is 5.82 Å². The van der Waals surface area contributed by atoms with E-state index in [-0.39, 0.29) is 17.7 Å². The van der Waals surface area contributed by atoms with E-state index in [1.165, 1.54) is 69.2 Å². The van der Waals surface area contributed by atoms with E-state index in [9.17, 15) is 31.5 Å². The Bertz CT molecular complexity index is 1040. The van der Waals surface area contributed by atoms with E-state index < -0.39 is 52.7 Å². The second kappa shape index (κ2) is 16.1. The van der Waals surface area contributed by atoms with E-state index in [4.69, 9.17) is 9.47 Å². The number of rotatable bonds is 16. The van der Waals surface area contributed by atoms with Crippen molar-refractivity contribution in [3.8, 4) is 0 Å². The number of ether oxygens (including phenoxy) is 2. The molecule has 0 saturated heterocycles. The Hall–Kier alpha value is -2.97. The SMILES string of the molecule is CCCCCCCCCCCCCOC(=O)c1ccccc1C(=O)OC(C)c1c(F)c(F)c(F)c(F)c1F. The van der Waals surface area contributed by atoms with Gasteiger partial charge >= 0.3 is 11.9 Å². The van der Waals surface area contributed by atoms with Crippen molar-refractivity contribution in [2.75, 3.05) is 6.61 Å².